The molecule has 0 heterocycles. The summed E-state index contributed by atoms with van der Waals surface area (Å²) in [6.07, 6.45) is -0.0817. The normalized spacial score (nSPS) is 9.94. The predicted molar refractivity (Wildman–Crippen MR) is 63.3 cm³/mol. The summed E-state index contributed by atoms with van der Waals surface area (Å²) < 4.78 is 0. The van der Waals surface area contributed by atoms with Crippen LogP contribution in [0.5, 0.6) is 0 Å². The van der Waals surface area contributed by atoms with Crippen molar-refractivity contribution in [1.29, 1.82) is 0 Å². The number of aliphatic carboxylic acids is 2. The number of carboxylic acid groups (broad SMARTS) is 2. The van der Waals surface area contributed by atoms with E-state index in [0.717, 1.165) is 11.3 Å². The molecule has 0 bridgehead atoms. The van der Waals surface area contributed by atoms with Crippen molar-refractivity contribution in [3.8, 4) is 0 Å². The molecule has 0 atom stereocenters. The summed E-state index contributed by atoms with van der Waals surface area (Å²) >= 11 is 0. The zero-order chi connectivity index (χ0) is 12.8. The monoisotopic (exact) mass is 237 g/mol. The lowest BCUT2D eigenvalue weighted by atomic mass is 10.1. The van der Waals surface area contributed by atoms with Gasteiger partial charge in [0.1, 0.15) is 6.54 Å². The van der Waals surface area contributed by atoms with Gasteiger partial charge in [-0.15, -0.1) is 0 Å². The molecule has 1 aromatic rings. The zero-order valence-corrected chi connectivity index (χ0v) is 9.59. The molecule has 0 unspecified atom stereocenters. The molecule has 92 valence electrons. The molecule has 0 saturated carbocycles. The van der Waals surface area contributed by atoms with Gasteiger partial charge in [-0.25, -0.2) is 0 Å². The molecule has 0 aromatic heterocycles. The summed E-state index contributed by atoms with van der Waals surface area (Å²) in [4.78, 5) is 22.8. The standard InChI is InChI=1S/C12H15NO4/c1-9-4-2-3-5-10(9)13(8-12(16)17)7-6-11(14)15/h2-5H,6-8H2,1H3,(H,14,15)(H,16,17). The Balaban J connectivity index is 2.85. The van der Waals surface area contributed by atoms with Crippen LogP contribution in [0.15, 0.2) is 24.3 Å². The van der Waals surface area contributed by atoms with Crippen LogP contribution < -0.4 is 4.90 Å². The van der Waals surface area contributed by atoms with Gasteiger partial charge in [0.25, 0.3) is 0 Å². The van der Waals surface area contributed by atoms with Crippen LogP contribution in [0.4, 0.5) is 5.69 Å². The highest BCUT2D eigenvalue weighted by molar-refractivity contribution is 5.75. The SMILES string of the molecule is Cc1ccccc1N(CCC(=O)O)CC(=O)O. The van der Waals surface area contributed by atoms with Gasteiger partial charge in [-0.05, 0) is 18.6 Å². The quantitative estimate of drug-likeness (QED) is 0.781. The number of hydrogen-bond donors (Lipinski definition) is 2. The second-order valence-electron chi connectivity index (χ2n) is 3.75. The topological polar surface area (TPSA) is 77.8 Å². The largest absolute Gasteiger partial charge is 0.481 e. The molecular formula is C12H15NO4. The Bertz CT molecular complexity index is 417. The number of hydrogen-bond acceptors (Lipinski definition) is 3. The molecule has 2 N–H and O–H groups in total. The van der Waals surface area contributed by atoms with E-state index in [0.29, 0.717) is 0 Å². The summed E-state index contributed by atoms with van der Waals surface area (Å²) in [5.74, 6) is -1.91. The summed E-state index contributed by atoms with van der Waals surface area (Å²) in [7, 11) is 0. The maximum Gasteiger partial charge on any atom is 0.323 e. The van der Waals surface area contributed by atoms with Crippen LogP contribution in [0, 0.1) is 6.92 Å². The molecular weight excluding hydrogens is 222 g/mol. The molecule has 17 heavy (non-hydrogen) atoms. The lowest BCUT2D eigenvalue weighted by Gasteiger charge is -2.23. The number of benzene rings is 1. The van der Waals surface area contributed by atoms with E-state index in [-0.39, 0.29) is 19.5 Å². The first-order chi connectivity index (χ1) is 8.00. The molecule has 1 aromatic carbocycles. The van der Waals surface area contributed by atoms with E-state index in [9.17, 15) is 9.59 Å². The Morgan fingerprint density at radius 1 is 1.18 bits per heavy atom. The molecule has 5 heteroatoms. The van der Waals surface area contributed by atoms with Gasteiger partial charge in [-0.1, -0.05) is 18.2 Å². The van der Waals surface area contributed by atoms with Crippen molar-refractivity contribution in [2.75, 3.05) is 18.0 Å². The van der Waals surface area contributed by atoms with Crippen molar-refractivity contribution < 1.29 is 19.8 Å². The van der Waals surface area contributed by atoms with Gasteiger partial charge in [0.05, 0.1) is 6.42 Å². The molecule has 0 aliphatic carbocycles. The van der Waals surface area contributed by atoms with Gasteiger partial charge in [0.2, 0.25) is 0 Å². The van der Waals surface area contributed by atoms with Gasteiger partial charge in [0.15, 0.2) is 0 Å². The minimum atomic E-state index is -0.973. The van der Waals surface area contributed by atoms with Crippen LogP contribution in [0.2, 0.25) is 0 Å². The fourth-order valence-electron chi connectivity index (χ4n) is 1.60. The average Bonchev–Trinajstić information content (AvgIpc) is 2.24. The van der Waals surface area contributed by atoms with E-state index >= 15 is 0 Å². The van der Waals surface area contributed by atoms with Crippen LogP contribution in [0.25, 0.3) is 0 Å². The van der Waals surface area contributed by atoms with Crippen molar-refractivity contribution in [2.45, 2.75) is 13.3 Å². The van der Waals surface area contributed by atoms with Crippen LogP contribution in [0.1, 0.15) is 12.0 Å². The molecule has 0 saturated heterocycles. The lowest BCUT2D eigenvalue weighted by molar-refractivity contribution is -0.138. The number of nitrogens with zero attached hydrogens (tertiary/aromatic N) is 1. The minimum Gasteiger partial charge on any atom is -0.481 e. The second kappa shape index (κ2) is 5.89. The van der Waals surface area contributed by atoms with E-state index < -0.39 is 11.9 Å². The predicted octanol–water partition coefficient (Wildman–Crippen LogP) is 1.36. The van der Waals surface area contributed by atoms with Crippen molar-refractivity contribution >= 4 is 17.6 Å². The highest BCUT2D eigenvalue weighted by atomic mass is 16.4. The molecule has 1 rings (SSSR count). The fourth-order valence-corrected chi connectivity index (χ4v) is 1.60. The number of rotatable bonds is 6. The smallest absolute Gasteiger partial charge is 0.323 e. The summed E-state index contributed by atoms with van der Waals surface area (Å²) in [6.45, 7) is 1.86. The molecule has 0 spiro atoms. The first kappa shape index (κ1) is 13.0. The fraction of sp³-hybridized carbons (Fsp3) is 0.333. The third-order valence-electron chi connectivity index (χ3n) is 2.38. The van der Waals surface area contributed by atoms with Gasteiger partial charge >= 0.3 is 11.9 Å². The van der Waals surface area contributed by atoms with Crippen molar-refractivity contribution in [2.24, 2.45) is 0 Å². The molecule has 5 nitrogen and oxygen atoms in total. The lowest BCUT2D eigenvalue weighted by Crippen LogP contribution is -2.32. The van der Waals surface area contributed by atoms with E-state index in [1.807, 2.05) is 19.1 Å². The first-order valence-electron chi connectivity index (χ1n) is 5.25. The van der Waals surface area contributed by atoms with Crippen LogP contribution >= 0.6 is 0 Å². The Labute approximate surface area is 99.3 Å². The van der Waals surface area contributed by atoms with Crippen molar-refractivity contribution in [3.05, 3.63) is 29.8 Å². The van der Waals surface area contributed by atoms with Crippen LogP contribution in [0.3, 0.4) is 0 Å². The van der Waals surface area contributed by atoms with E-state index in [2.05, 4.69) is 0 Å². The third kappa shape index (κ3) is 4.14. The Morgan fingerprint density at radius 2 is 1.82 bits per heavy atom. The van der Waals surface area contributed by atoms with Crippen molar-refractivity contribution in [3.63, 3.8) is 0 Å². The molecule has 0 aliphatic rings. The Hall–Kier alpha value is -2.04. The van der Waals surface area contributed by atoms with E-state index in [1.54, 1.807) is 17.0 Å². The number of aryl methyl sites for hydroxylation is 1. The molecule has 0 amide bonds. The Kier molecular flexibility index (Phi) is 4.51. The second-order valence-corrected chi connectivity index (χ2v) is 3.75. The summed E-state index contributed by atoms with van der Waals surface area (Å²) in [5.41, 5.74) is 1.69. The molecule has 0 radical (unpaired) electrons. The molecule has 0 fully saturated rings. The van der Waals surface area contributed by atoms with E-state index in [4.69, 9.17) is 10.2 Å². The molecule has 0 aliphatic heterocycles. The van der Waals surface area contributed by atoms with Gasteiger partial charge in [0, 0.05) is 12.2 Å². The van der Waals surface area contributed by atoms with E-state index in [1.165, 1.54) is 0 Å². The van der Waals surface area contributed by atoms with Gasteiger partial charge in [-0.3, -0.25) is 9.59 Å². The maximum absolute atomic E-state index is 10.7. The van der Waals surface area contributed by atoms with Gasteiger partial charge < -0.3 is 15.1 Å². The number of carbonyl (C=O) groups is 2. The van der Waals surface area contributed by atoms with Crippen LogP contribution in [-0.2, 0) is 9.59 Å². The third-order valence-corrected chi connectivity index (χ3v) is 2.38. The average molecular weight is 237 g/mol. The number of anilines is 1. The van der Waals surface area contributed by atoms with Gasteiger partial charge in [-0.2, -0.15) is 0 Å². The number of para-hydroxylation sites is 1. The number of carboxylic acids is 2. The maximum atomic E-state index is 10.7. The summed E-state index contributed by atoms with van der Waals surface area (Å²) in [6, 6.07) is 7.32. The Morgan fingerprint density at radius 3 is 2.35 bits per heavy atom. The summed E-state index contributed by atoms with van der Waals surface area (Å²) in [5, 5.41) is 17.5. The zero-order valence-electron chi connectivity index (χ0n) is 9.59. The highest BCUT2D eigenvalue weighted by Gasteiger charge is 2.13. The van der Waals surface area contributed by atoms with Crippen molar-refractivity contribution in [1.82, 2.24) is 0 Å². The van der Waals surface area contributed by atoms with Crippen LogP contribution in [-0.4, -0.2) is 35.2 Å². The first-order valence-corrected chi connectivity index (χ1v) is 5.25. The highest BCUT2D eigenvalue weighted by Crippen LogP contribution is 2.19. The minimum absolute atomic E-state index is 0.0817.